The smallest absolute Gasteiger partial charge is 0.191 e. The fourth-order valence-corrected chi connectivity index (χ4v) is 2.21. The number of hydrogen-bond acceptors (Lipinski definition) is 6. The second-order valence-electron chi connectivity index (χ2n) is 4.47. The summed E-state index contributed by atoms with van der Waals surface area (Å²) in [6.45, 7) is 2.72. The zero-order chi connectivity index (χ0) is 14.5. The number of thioether (sulfide) groups is 1. The van der Waals surface area contributed by atoms with E-state index in [0.29, 0.717) is 0 Å². The van der Waals surface area contributed by atoms with Crippen molar-refractivity contribution in [3.05, 3.63) is 35.7 Å². The summed E-state index contributed by atoms with van der Waals surface area (Å²) >= 11 is 1.53. The second-order valence-corrected chi connectivity index (χ2v) is 5.25. The van der Waals surface area contributed by atoms with Crippen molar-refractivity contribution in [3.63, 3.8) is 0 Å². The van der Waals surface area contributed by atoms with Gasteiger partial charge in [-0.1, -0.05) is 17.8 Å². The molecule has 6 heteroatoms. The Hall–Kier alpha value is -1.82. The third kappa shape index (κ3) is 3.60. The highest BCUT2D eigenvalue weighted by molar-refractivity contribution is 7.98. The van der Waals surface area contributed by atoms with Crippen molar-refractivity contribution in [2.75, 3.05) is 30.6 Å². The van der Waals surface area contributed by atoms with Crippen LogP contribution in [0.4, 0.5) is 11.6 Å². The van der Waals surface area contributed by atoms with E-state index in [0.717, 1.165) is 34.7 Å². The number of nitrogens with zero attached hydrogens (tertiary/aromatic N) is 4. The van der Waals surface area contributed by atoms with Crippen LogP contribution in [0.2, 0.25) is 0 Å². The molecule has 0 aliphatic carbocycles. The van der Waals surface area contributed by atoms with Gasteiger partial charge in [0.2, 0.25) is 0 Å². The van der Waals surface area contributed by atoms with Crippen LogP contribution in [0.25, 0.3) is 0 Å². The van der Waals surface area contributed by atoms with Crippen LogP contribution in [0, 0.1) is 6.92 Å². The lowest BCUT2D eigenvalue weighted by atomic mass is 10.3. The Bertz CT molecular complexity index is 565. The van der Waals surface area contributed by atoms with Gasteiger partial charge in [0, 0.05) is 25.9 Å². The molecular weight excluding hydrogens is 270 g/mol. The van der Waals surface area contributed by atoms with Gasteiger partial charge in [0.15, 0.2) is 5.16 Å². The van der Waals surface area contributed by atoms with E-state index < -0.39 is 0 Å². The standard InChI is InChI=1S/C14H19N5S/c1-10-6-5-7-11(16-10)9-19(3)13-8-12(15-2)17-14(18-13)20-4/h5-8H,9H2,1-4H3,(H,15,17,18). The Morgan fingerprint density at radius 3 is 2.70 bits per heavy atom. The average Bonchev–Trinajstić information content (AvgIpc) is 2.46. The van der Waals surface area contributed by atoms with E-state index in [1.54, 1.807) is 0 Å². The van der Waals surface area contributed by atoms with Crippen LogP contribution in [0.5, 0.6) is 0 Å². The van der Waals surface area contributed by atoms with Crippen LogP contribution in [0.1, 0.15) is 11.4 Å². The largest absolute Gasteiger partial charge is 0.373 e. The van der Waals surface area contributed by atoms with Gasteiger partial charge in [-0.3, -0.25) is 4.98 Å². The van der Waals surface area contributed by atoms with E-state index in [9.17, 15) is 0 Å². The molecule has 0 atom stereocenters. The van der Waals surface area contributed by atoms with E-state index in [4.69, 9.17) is 0 Å². The molecule has 2 aromatic rings. The lowest BCUT2D eigenvalue weighted by molar-refractivity contribution is 0.833. The molecule has 0 saturated heterocycles. The molecule has 0 aliphatic rings. The van der Waals surface area contributed by atoms with Crippen LogP contribution in [-0.2, 0) is 6.54 Å². The number of hydrogen-bond donors (Lipinski definition) is 1. The molecule has 0 aliphatic heterocycles. The van der Waals surface area contributed by atoms with Crippen LogP contribution in [-0.4, -0.2) is 35.3 Å². The van der Waals surface area contributed by atoms with Gasteiger partial charge in [0.25, 0.3) is 0 Å². The van der Waals surface area contributed by atoms with E-state index in [2.05, 4.69) is 25.2 Å². The number of rotatable bonds is 5. The summed E-state index contributed by atoms with van der Waals surface area (Å²) in [5, 5.41) is 3.82. The molecule has 0 radical (unpaired) electrons. The molecule has 0 fully saturated rings. The Morgan fingerprint density at radius 2 is 2.05 bits per heavy atom. The number of pyridine rings is 1. The Morgan fingerprint density at radius 1 is 1.25 bits per heavy atom. The molecule has 0 bridgehead atoms. The Labute approximate surface area is 123 Å². The highest BCUT2D eigenvalue weighted by atomic mass is 32.2. The average molecular weight is 289 g/mol. The highest BCUT2D eigenvalue weighted by Crippen LogP contribution is 2.20. The van der Waals surface area contributed by atoms with Crippen LogP contribution in [0.15, 0.2) is 29.4 Å². The monoisotopic (exact) mass is 289 g/mol. The molecule has 2 aromatic heterocycles. The maximum absolute atomic E-state index is 4.53. The molecule has 106 valence electrons. The lowest BCUT2D eigenvalue weighted by Crippen LogP contribution is -2.19. The minimum Gasteiger partial charge on any atom is -0.373 e. The van der Waals surface area contributed by atoms with Gasteiger partial charge >= 0.3 is 0 Å². The van der Waals surface area contributed by atoms with Crippen LogP contribution >= 0.6 is 11.8 Å². The van der Waals surface area contributed by atoms with E-state index in [1.165, 1.54) is 11.8 Å². The Balaban J connectivity index is 2.22. The van der Waals surface area contributed by atoms with Gasteiger partial charge in [-0.05, 0) is 25.3 Å². The summed E-state index contributed by atoms with van der Waals surface area (Å²) in [6.07, 6.45) is 1.97. The van der Waals surface area contributed by atoms with Crippen molar-refractivity contribution in [3.8, 4) is 0 Å². The minimum atomic E-state index is 0.718. The molecule has 1 N–H and O–H groups in total. The molecule has 0 saturated carbocycles. The zero-order valence-corrected chi connectivity index (χ0v) is 13.0. The van der Waals surface area contributed by atoms with E-state index in [1.807, 2.05) is 51.5 Å². The SMILES string of the molecule is CNc1cc(N(C)Cc2cccc(C)n2)nc(SC)n1. The third-order valence-corrected chi connectivity index (χ3v) is 3.41. The predicted octanol–water partition coefficient (Wildman–Crippen LogP) is 2.58. The number of nitrogens with one attached hydrogen (secondary N) is 1. The molecule has 5 nitrogen and oxygen atoms in total. The summed E-state index contributed by atoms with van der Waals surface area (Å²) in [7, 11) is 3.87. The molecule has 2 rings (SSSR count). The van der Waals surface area contributed by atoms with Crippen molar-refractivity contribution in [1.82, 2.24) is 15.0 Å². The number of aromatic nitrogens is 3. The van der Waals surface area contributed by atoms with Gasteiger partial charge in [-0.2, -0.15) is 0 Å². The van der Waals surface area contributed by atoms with Gasteiger partial charge in [0.05, 0.1) is 12.2 Å². The van der Waals surface area contributed by atoms with Crippen LogP contribution < -0.4 is 10.2 Å². The topological polar surface area (TPSA) is 53.9 Å². The van der Waals surface area contributed by atoms with Crippen molar-refractivity contribution >= 4 is 23.4 Å². The first-order valence-corrected chi connectivity index (χ1v) is 7.59. The highest BCUT2D eigenvalue weighted by Gasteiger charge is 2.09. The van der Waals surface area contributed by atoms with Crippen molar-refractivity contribution in [2.45, 2.75) is 18.6 Å². The maximum atomic E-state index is 4.53. The summed E-state index contributed by atoms with van der Waals surface area (Å²) in [5.74, 6) is 1.71. The molecule has 20 heavy (non-hydrogen) atoms. The fourth-order valence-electron chi connectivity index (χ4n) is 1.84. The minimum absolute atomic E-state index is 0.718. The summed E-state index contributed by atoms with van der Waals surface area (Å²) in [6, 6.07) is 7.99. The lowest BCUT2D eigenvalue weighted by Gasteiger charge is -2.19. The predicted molar refractivity (Wildman–Crippen MR) is 84.4 cm³/mol. The van der Waals surface area contributed by atoms with Gasteiger partial charge in [-0.15, -0.1) is 0 Å². The Kier molecular flexibility index (Phi) is 4.79. The first-order chi connectivity index (χ1) is 9.62. The molecule has 0 unspecified atom stereocenters. The first kappa shape index (κ1) is 14.6. The van der Waals surface area contributed by atoms with Crippen molar-refractivity contribution in [2.24, 2.45) is 0 Å². The van der Waals surface area contributed by atoms with Crippen LogP contribution in [0.3, 0.4) is 0 Å². The molecule has 2 heterocycles. The van der Waals surface area contributed by atoms with Crippen molar-refractivity contribution in [1.29, 1.82) is 0 Å². The molecular formula is C14H19N5S. The van der Waals surface area contributed by atoms with Crippen molar-refractivity contribution < 1.29 is 0 Å². The summed E-state index contributed by atoms with van der Waals surface area (Å²) in [5.41, 5.74) is 2.06. The fraction of sp³-hybridized carbons (Fsp3) is 0.357. The maximum Gasteiger partial charge on any atom is 0.191 e. The number of aryl methyl sites for hydroxylation is 1. The summed E-state index contributed by atoms with van der Waals surface area (Å²) in [4.78, 5) is 15.5. The third-order valence-electron chi connectivity index (χ3n) is 2.87. The molecule has 0 amide bonds. The van der Waals surface area contributed by atoms with Gasteiger partial charge in [-0.25, -0.2) is 9.97 Å². The number of anilines is 2. The quantitative estimate of drug-likeness (QED) is 0.674. The normalized spacial score (nSPS) is 10.4. The second kappa shape index (κ2) is 6.56. The van der Waals surface area contributed by atoms with E-state index in [-0.39, 0.29) is 0 Å². The van der Waals surface area contributed by atoms with E-state index >= 15 is 0 Å². The molecule has 0 aromatic carbocycles. The van der Waals surface area contributed by atoms with Gasteiger partial charge in [0.1, 0.15) is 11.6 Å². The molecule has 0 spiro atoms. The summed E-state index contributed by atoms with van der Waals surface area (Å²) < 4.78 is 0. The first-order valence-electron chi connectivity index (χ1n) is 6.37. The zero-order valence-electron chi connectivity index (χ0n) is 12.2. The van der Waals surface area contributed by atoms with Gasteiger partial charge < -0.3 is 10.2 Å².